The summed E-state index contributed by atoms with van der Waals surface area (Å²) >= 11 is 5.91. The first-order valence-corrected chi connectivity index (χ1v) is 8.60. The summed E-state index contributed by atoms with van der Waals surface area (Å²) in [4.78, 5) is 14.6. The first kappa shape index (κ1) is 15.3. The van der Waals surface area contributed by atoms with Gasteiger partial charge in [0, 0.05) is 47.9 Å². The maximum absolute atomic E-state index is 12.7. The van der Waals surface area contributed by atoms with E-state index >= 15 is 0 Å². The van der Waals surface area contributed by atoms with Crippen molar-refractivity contribution < 1.29 is 4.79 Å². The van der Waals surface area contributed by atoms with Crippen molar-refractivity contribution in [2.45, 2.75) is 12.3 Å². The number of amides is 1. The van der Waals surface area contributed by atoms with E-state index in [1.807, 2.05) is 4.90 Å². The van der Waals surface area contributed by atoms with Crippen molar-refractivity contribution in [1.29, 1.82) is 0 Å². The minimum absolute atomic E-state index is 0.0907. The number of carbonyl (C=O) groups is 1. The van der Waals surface area contributed by atoms with E-state index in [1.54, 1.807) is 24.3 Å². The lowest BCUT2D eigenvalue weighted by atomic mass is 10.0. The average Bonchev–Trinajstić information content (AvgIpc) is 3.20. The number of likely N-dealkylation sites (tertiary alicyclic amines) is 1. The van der Waals surface area contributed by atoms with Gasteiger partial charge >= 0.3 is 0 Å². The number of nitrogens with zero attached hydrogens (tertiary/aromatic N) is 2. The number of aromatic nitrogens is 1. The molecule has 1 aliphatic heterocycles. The van der Waals surface area contributed by atoms with Gasteiger partial charge in [-0.3, -0.25) is 4.79 Å². The SMILES string of the molecule is Cn1c(C2CCN(C(=O)c3ccc(Cl)cc3)C2)cc2ccccc21. The smallest absolute Gasteiger partial charge is 0.253 e. The molecule has 122 valence electrons. The second-order valence-corrected chi connectivity index (χ2v) is 6.87. The normalized spacial score (nSPS) is 17.6. The minimum atomic E-state index is 0.0907. The van der Waals surface area contributed by atoms with Crippen molar-refractivity contribution >= 4 is 28.4 Å². The summed E-state index contributed by atoms with van der Waals surface area (Å²) < 4.78 is 2.26. The van der Waals surface area contributed by atoms with E-state index < -0.39 is 0 Å². The predicted molar refractivity (Wildman–Crippen MR) is 97.6 cm³/mol. The largest absolute Gasteiger partial charge is 0.347 e. The fourth-order valence-corrected chi connectivity index (χ4v) is 3.79. The van der Waals surface area contributed by atoms with Crippen LogP contribution in [0.15, 0.2) is 54.6 Å². The molecule has 0 radical (unpaired) electrons. The molecule has 4 rings (SSSR count). The molecule has 0 aliphatic carbocycles. The van der Waals surface area contributed by atoms with Crippen LogP contribution in [0, 0.1) is 0 Å². The van der Waals surface area contributed by atoms with Gasteiger partial charge in [-0.05, 0) is 48.2 Å². The van der Waals surface area contributed by atoms with Crippen LogP contribution in [-0.2, 0) is 7.05 Å². The first-order chi connectivity index (χ1) is 11.6. The second-order valence-electron chi connectivity index (χ2n) is 6.43. The van der Waals surface area contributed by atoms with Crippen LogP contribution in [-0.4, -0.2) is 28.5 Å². The van der Waals surface area contributed by atoms with E-state index in [2.05, 4.69) is 41.9 Å². The Kier molecular flexibility index (Phi) is 3.81. The van der Waals surface area contributed by atoms with Crippen LogP contribution in [0.1, 0.15) is 28.4 Å². The van der Waals surface area contributed by atoms with Crippen molar-refractivity contribution in [2.24, 2.45) is 7.05 Å². The van der Waals surface area contributed by atoms with E-state index in [1.165, 1.54) is 16.6 Å². The average molecular weight is 339 g/mol. The van der Waals surface area contributed by atoms with Crippen molar-refractivity contribution in [2.75, 3.05) is 13.1 Å². The molecule has 3 aromatic rings. The van der Waals surface area contributed by atoms with Gasteiger partial charge in [0.2, 0.25) is 0 Å². The molecular formula is C20H19ClN2O. The Balaban J connectivity index is 1.56. The van der Waals surface area contributed by atoms with E-state index in [0.29, 0.717) is 16.5 Å². The number of benzene rings is 2. The Morgan fingerprint density at radius 2 is 1.88 bits per heavy atom. The lowest BCUT2D eigenvalue weighted by Crippen LogP contribution is -2.28. The molecule has 3 nitrogen and oxygen atoms in total. The Morgan fingerprint density at radius 1 is 1.12 bits per heavy atom. The van der Waals surface area contributed by atoms with Gasteiger partial charge in [0.1, 0.15) is 0 Å². The lowest BCUT2D eigenvalue weighted by Gasteiger charge is -2.17. The maximum atomic E-state index is 12.7. The van der Waals surface area contributed by atoms with Crippen LogP contribution in [0.2, 0.25) is 5.02 Å². The van der Waals surface area contributed by atoms with Crippen molar-refractivity contribution in [3.8, 4) is 0 Å². The highest BCUT2D eigenvalue weighted by atomic mass is 35.5. The van der Waals surface area contributed by atoms with Gasteiger partial charge in [-0.15, -0.1) is 0 Å². The zero-order valence-corrected chi connectivity index (χ0v) is 14.3. The molecule has 0 spiro atoms. The molecule has 1 aromatic heterocycles. The van der Waals surface area contributed by atoms with Gasteiger partial charge in [-0.1, -0.05) is 29.8 Å². The third-order valence-electron chi connectivity index (χ3n) is 4.97. The Hall–Kier alpha value is -2.26. The number of hydrogen-bond acceptors (Lipinski definition) is 1. The number of hydrogen-bond donors (Lipinski definition) is 0. The van der Waals surface area contributed by atoms with Gasteiger partial charge in [-0.25, -0.2) is 0 Å². The van der Waals surface area contributed by atoms with Gasteiger partial charge < -0.3 is 9.47 Å². The van der Waals surface area contributed by atoms with Crippen LogP contribution in [0.3, 0.4) is 0 Å². The van der Waals surface area contributed by atoms with E-state index in [9.17, 15) is 4.79 Å². The predicted octanol–water partition coefficient (Wildman–Crippen LogP) is 4.46. The van der Waals surface area contributed by atoms with Crippen LogP contribution in [0.5, 0.6) is 0 Å². The van der Waals surface area contributed by atoms with Crippen LogP contribution in [0.25, 0.3) is 10.9 Å². The van der Waals surface area contributed by atoms with Gasteiger partial charge in [0.25, 0.3) is 5.91 Å². The van der Waals surface area contributed by atoms with Crippen LogP contribution >= 0.6 is 11.6 Å². The fraction of sp³-hybridized carbons (Fsp3) is 0.250. The summed E-state index contributed by atoms with van der Waals surface area (Å²) in [6, 6.07) is 17.8. The first-order valence-electron chi connectivity index (χ1n) is 8.22. The number of rotatable bonds is 2. The second kappa shape index (κ2) is 5.99. The van der Waals surface area contributed by atoms with Crippen LogP contribution < -0.4 is 0 Å². The summed E-state index contributed by atoms with van der Waals surface area (Å²) in [6.07, 6.45) is 1.00. The molecular weight excluding hydrogens is 320 g/mol. The summed E-state index contributed by atoms with van der Waals surface area (Å²) in [5.74, 6) is 0.478. The molecule has 0 N–H and O–H groups in total. The van der Waals surface area contributed by atoms with Crippen molar-refractivity contribution in [3.63, 3.8) is 0 Å². The summed E-state index contributed by atoms with van der Waals surface area (Å²) in [6.45, 7) is 1.57. The van der Waals surface area contributed by atoms with Gasteiger partial charge in [0.05, 0.1) is 0 Å². The van der Waals surface area contributed by atoms with E-state index in [0.717, 1.165) is 19.5 Å². The number of halogens is 1. The highest BCUT2D eigenvalue weighted by Crippen LogP contribution is 2.31. The Morgan fingerprint density at radius 3 is 2.62 bits per heavy atom. The molecule has 0 bridgehead atoms. The molecule has 24 heavy (non-hydrogen) atoms. The molecule has 0 saturated carbocycles. The highest BCUT2D eigenvalue weighted by Gasteiger charge is 2.29. The topological polar surface area (TPSA) is 25.2 Å². The summed E-state index contributed by atoms with van der Waals surface area (Å²) in [5, 5.41) is 1.92. The zero-order chi connectivity index (χ0) is 16.7. The van der Waals surface area contributed by atoms with Crippen LogP contribution in [0.4, 0.5) is 0 Å². The minimum Gasteiger partial charge on any atom is -0.347 e. The highest BCUT2D eigenvalue weighted by molar-refractivity contribution is 6.30. The molecule has 1 atom stereocenters. The molecule has 2 aromatic carbocycles. The van der Waals surface area contributed by atoms with E-state index in [-0.39, 0.29) is 5.91 Å². The van der Waals surface area contributed by atoms with E-state index in [4.69, 9.17) is 11.6 Å². The number of fused-ring (bicyclic) bond motifs is 1. The standard InChI is InChI=1S/C20H19ClN2O/c1-22-18-5-3-2-4-15(18)12-19(22)16-10-11-23(13-16)20(24)14-6-8-17(21)9-7-14/h2-9,12,16H,10-11,13H2,1H3. The summed E-state index contributed by atoms with van der Waals surface area (Å²) in [7, 11) is 2.11. The van der Waals surface area contributed by atoms with Gasteiger partial charge in [-0.2, -0.15) is 0 Å². The van der Waals surface area contributed by atoms with Crippen molar-refractivity contribution in [3.05, 3.63) is 70.9 Å². The third-order valence-corrected chi connectivity index (χ3v) is 5.23. The molecule has 1 unspecified atom stereocenters. The molecule has 1 aliphatic rings. The summed E-state index contributed by atoms with van der Waals surface area (Å²) in [5.41, 5.74) is 3.26. The van der Waals surface area contributed by atoms with Gasteiger partial charge in [0.15, 0.2) is 0 Å². The molecule has 1 amide bonds. The molecule has 1 fully saturated rings. The number of para-hydroxylation sites is 1. The molecule has 2 heterocycles. The number of aryl methyl sites for hydroxylation is 1. The number of carbonyl (C=O) groups excluding carboxylic acids is 1. The molecule has 4 heteroatoms. The lowest BCUT2D eigenvalue weighted by molar-refractivity contribution is 0.0790. The monoisotopic (exact) mass is 338 g/mol. The quantitative estimate of drug-likeness (QED) is 0.677. The Labute approximate surface area is 146 Å². The zero-order valence-electron chi connectivity index (χ0n) is 13.6. The third kappa shape index (κ3) is 2.59. The maximum Gasteiger partial charge on any atom is 0.253 e. The Bertz CT molecular complexity index is 898. The molecule has 1 saturated heterocycles. The van der Waals surface area contributed by atoms with Crippen molar-refractivity contribution in [1.82, 2.24) is 9.47 Å². The fourth-order valence-electron chi connectivity index (χ4n) is 3.66.